The highest BCUT2D eigenvalue weighted by atomic mass is 32.1. The van der Waals surface area contributed by atoms with Crippen LogP contribution in [0.25, 0.3) is 0 Å². The SMILES string of the molecule is O=C(O)c1ccc(COc2ccccc2C=Nc2sc3c(c2C(=O)NCc2ccco2)CCCC3)cc1. The highest BCUT2D eigenvalue weighted by molar-refractivity contribution is 7.16. The van der Waals surface area contributed by atoms with Gasteiger partial charge >= 0.3 is 5.97 Å². The maximum Gasteiger partial charge on any atom is 0.335 e. The molecule has 0 atom stereocenters. The van der Waals surface area contributed by atoms with Crippen LogP contribution in [-0.4, -0.2) is 23.2 Å². The summed E-state index contributed by atoms with van der Waals surface area (Å²) in [5, 5.41) is 12.8. The topological polar surface area (TPSA) is 101 Å². The Morgan fingerprint density at radius 3 is 2.65 bits per heavy atom. The van der Waals surface area contributed by atoms with E-state index in [0.717, 1.165) is 42.4 Å². The third-order valence-electron chi connectivity index (χ3n) is 6.22. The van der Waals surface area contributed by atoms with Gasteiger partial charge in [-0.25, -0.2) is 9.79 Å². The quantitative estimate of drug-likeness (QED) is 0.260. The molecule has 0 saturated heterocycles. The molecule has 0 fully saturated rings. The van der Waals surface area contributed by atoms with Gasteiger partial charge in [0.15, 0.2) is 0 Å². The number of nitrogens with one attached hydrogen (secondary N) is 1. The number of aliphatic imine (C=N–C) groups is 1. The van der Waals surface area contributed by atoms with Crippen LogP contribution in [-0.2, 0) is 26.0 Å². The van der Waals surface area contributed by atoms with Crippen molar-refractivity contribution in [3.05, 3.63) is 105 Å². The van der Waals surface area contributed by atoms with Crippen molar-refractivity contribution in [2.75, 3.05) is 0 Å². The van der Waals surface area contributed by atoms with Gasteiger partial charge in [-0.15, -0.1) is 11.3 Å². The lowest BCUT2D eigenvalue weighted by molar-refractivity contribution is 0.0696. The van der Waals surface area contributed by atoms with Gasteiger partial charge in [-0.2, -0.15) is 0 Å². The molecule has 1 amide bonds. The zero-order chi connectivity index (χ0) is 25.6. The summed E-state index contributed by atoms with van der Waals surface area (Å²) in [6.45, 7) is 0.613. The molecule has 37 heavy (non-hydrogen) atoms. The summed E-state index contributed by atoms with van der Waals surface area (Å²) in [6.07, 6.45) is 7.36. The standard InChI is InChI=1S/C29H26N2O5S/c32-27(30-17-22-7-5-15-35-22)26-23-8-2-4-10-25(23)37-28(26)31-16-21-6-1-3-9-24(21)36-18-19-11-13-20(14-12-19)29(33)34/h1,3,5-7,9,11-16H,2,4,8,10,17-18H2,(H,30,32)(H,33,34). The Labute approximate surface area is 218 Å². The first-order chi connectivity index (χ1) is 18.1. The first-order valence-corrected chi connectivity index (χ1v) is 12.9. The molecular weight excluding hydrogens is 488 g/mol. The molecule has 5 rings (SSSR count). The van der Waals surface area contributed by atoms with E-state index in [2.05, 4.69) is 5.32 Å². The second-order valence-corrected chi connectivity index (χ2v) is 9.82. The molecule has 1 aliphatic rings. The van der Waals surface area contributed by atoms with E-state index in [4.69, 9.17) is 19.3 Å². The van der Waals surface area contributed by atoms with E-state index in [-0.39, 0.29) is 11.5 Å². The predicted molar refractivity (Wildman–Crippen MR) is 142 cm³/mol. The van der Waals surface area contributed by atoms with Crippen molar-refractivity contribution in [1.82, 2.24) is 5.32 Å². The molecule has 8 heteroatoms. The molecule has 2 N–H and O–H groups in total. The predicted octanol–water partition coefficient (Wildman–Crippen LogP) is 6.18. The number of hydrogen-bond acceptors (Lipinski definition) is 6. The fourth-order valence-corrected chi connectivity index (χ4v) is 5.53. The minimum absolute atomic E-state index is 0.141. The largest absolute Gasteiger partial charge is 0.488 e. The first-order valence-electron chi connectivity index (χ1n) is 12.1. The van der Waals surface area contributed by atoms with Gasteiger partial charge in [-0.1, -0.05) is 24.3 Å². The summed E-state index contributed by atoms with van der Waals surface area (Å²) in [4.78, 5) is 30.3. The van der Waals surface area contributed by atoms with Gasteiger partial charge in [0.25, 0.3) is 5.91 Å². The zero-order valence-corrected chi connectivity index (χ0v) is 20.9. The molecule has 4 aromatic rings. The fraction of sp³-hybridized carbons (Fsp3) is 0.207. The maximum absolute atomic E-state index is 13.2. The number of carboxylic acids is 1. The number of thiophene rings is 1. The highest BCUT2D eigenvalue weighted by Crippen LogP contribution is 2.40. The Morgan fingerprint density at radius 2 is 1.86 bits per heavy atom. The van der Waals surface area contributed by atoms with Crippen LogP contribution in [0.15, 0.2) is 76.3 Å². The van der Waals surface area contributed by atoms with Crippen LogP contribution >= 0.6 is 11.3 Å². The van der Waals surface area contributed by atoms with E-state index in [1.165, 1.54) is 4.88 Å². The fourth-order valence-electron chi connectivity index (χ4n) is 4.30. The monoisotopic (exact) mass is 514 g/mol. The van der Waals surface area contributed by atoms with E-state index in [1.54, 1.807) is 54.1 Å². The lowest BCUT2D eigenvalue weighted by Crippen LogP contribution is -2.23. The van der Waals surface area contributed by atoms with Crippen LogP contribution in [0.1, 0.15) is 60.9 Å². The Balaban J connectivity index is 1.35. The number of aryl methyl sites for hydroxylation is 1. The number of aromatic carboxylic acids is 1. The molecule has 0 spiro atoms. The molecule has 2 heterocycles. The number of rotatable bonds is 9. The van der Waals surface area contributed by atoms with Gasteiger partial charge in [0.2, 0.25) is 0 Å². The average molecular weight is 515 g/mol. The second-order valence-electron chi connectivity index (χ2n) is 8.74. The van der Waals surface area contributed by atoms with Crippen molar-refractivity contribution < 1.29 is 23.8 Å². The van der Waals surface area contributed by atoms with Crippen molar-refractivity contribution >= 4 is 34.4 Å². The second kappa shape index (κ2) is 11.3. The average Bonchev–Trinajstić information content (AvgIpc) is 3.58. The Hall–Kier alpha value is -4.17. The third kappa shape index (κ3) is 5.81. The number of fused-ring (bicyclic) bond motifs is 1. The van der Waals surface area contributed by atoms with E-state index in [0.29, 0.717) is 35.2 Å². The Bertz CT molecular complexity index is 1420. The van der Waals surface area contributed by atoms with Crippen LogP contribution in [0, 0.1) is 0 Å². The summed E-state index contributed by atoms with van der Waals surface area (Å²) in [6, 6.07) is 17.8. The van der Waals surface area contributed by atoms with E-state index >= 15 is 0 Å². The molecule has 0 radical (unpaired) electrons. The molecule has 7 nitrogen and oxygen atoms in total. The van der Waals surface area contributed by atoms with Crippen LogP contribution < -0.4 is 10.1 Å². The lowest BCUT2D eigenvalue weighted by atomic mass is 9.95. The van der Waals surface area contributed by atoms with Crippen molar-refractivity contribution in [1.29, 1.82) is 0 Å². The number of amides is 1. The van der Waals surface area contributed by atoms with Gasteiger partial charge in [0, 0.05) is 16.7 Å². The maximum atomic E-state index is 13.2. The summed E-state index contributed by atoms with van der Waals surface area (Å²) in [5.74, 6) is 0.250. The van der Waals surface area contributed by atoms with Crippen molar-refractivity contribution in [3.63, 3.8) is 0 Å². The number of furan rings is 1. The molecule has 2 aromatic heterocycles. The van der Waals surface area contributed by atoms with Gasteiger partial charge in [0.05, 0.1) is 23.9 Å². The normalized spacial score (nSPS) is 12.9. The number of nitrogens with zero attached hydrogens (tertiary/aromatic N) is 1. The van der Waals surface area contributed by atoms with Crippen LogP contribution in [0.3, 0.4) is 0 Å². The molecule has 0 unspecified atom stereocenters. The summed E-state index contributed by atoms with van der Waals surface area (Å²) < 4.78 is 11.4. The number of carbonyl (C=O) groups is 2. The molecule has 0 bridgehead atoms. The van der Waals surface area contributed by atoms with E-state index in [1.807, 2.05) is 30.3 Å². The Kier molecular flexibility index (Phi) is 7.46. The van der Waals surface area contributed by atoms with Crippen LogP contribution in [0.2, 0.25) is 0 Å². The van der Waals surface area contributed by atoms with Crippen LogP contribution in [0.4, 0.5) is 5.00 Å². The first kappa shape index (κ1) is 24.5. The molecule has 0 aliphatic heterocycles. The third-order valence-corrected chi connectivity index (χ3v) is 7.42. The molecule has 1 aliphatic carbocycles. The van der Waals surface area contributed by atoms with Crippen LogP contribution in [0.5, 0.6) is 5.75 Å². The van der Waals surface area contributed by atoms with Gasteiger partial charge in [-0.3, -0.25) is 4.79 Å². The van der Waals surface area contributed by atoms with Crippen molar-refractivity contribution in [3.8, 4) is 5.75 Å². The van der Waals surface area contributed by atoms with Crippen molar-refractivity contribution in [2.45, 2.75) is 38.8 Å². The van der Waals surface area contributed by atoms with Crippen molar-refractivity contribution in [2.24, 2.45) is 4.99 Å². The summed E-state index contributed by atoms with van der Waals surface area (Å²) in [5.41, 5.74) is 3.64. The Morgan fingerprint density at radius 1 is 1.05 bits per heavy atom. The highest BCUT2D eigenvalue weighted by Gasteiger charge is 2.25. The molecule has 188 valence electrons. The number of hydrogen-bond donors (Lipinski definition) is 2. The van der Waals surface area contributed by atoms with Gasteiger partial charge in [0.1, 0.15) is 23.1 Å². The molecular formula is C29H26N2O5S. The molecule has 2 aromatic carbocycles. The molecule has 0 saturated carbocycles. The van der Waals surface area contributed by atoms with E-state index < -0.39 is 5.97 Å². The lowest BCUT2D eigenvalue weighted by Gasteiger charge is -2.12. The minimum atomic E-state index is -0.960. The van der Waals surface area contributed by atoms with Gasteiger partial charge < -0.3 is 19.6 Å². The number of para-hydroxylation sites is 1. The zero-order valence-electron chi connectivity index (χ0n) is 20.1. The number of benzene rings is 2. The minimum Gasteiger partial charge on any atom is -0.488 e. The number of ether oxygens (including phenoxy) is 1. The number of carboxylic acid groups (broad SMARTS) is 1. The number of carbonyl (C=O) groups excluding carboxylic acids is 1. The summed E-state index contributed by atoms with van der Waals surface area (Å²) >= 11 is 1.58. The van der Waals surface area contributed by atoms with E-state index in [9.17, 15) is 9.59 Å². The smallest absolute Gasteiger partial charge is 0.335 e. The summed E-state index contributed by atoms with van der Waals surface area (Å²) in [7, 11) is 0. The van der Waals surface area contributed by atoms with Gasteiger partial charge in [-0.05, 0) is 73.2 Å².